The molecule has 0 radical (unpaired) electrons. The van der Waals surface area contributed by atoms with Crippen molar-refractivity contribution in [2.24, 2.45) is 5.92 Å². The summed E-state index contributed by atoms with van der Waals surface area (Å²) in [4.78, 5) is 25.9. The molecule has 6 nitrogen and oxygen atoms in total. The predicted molar refractivity (Wildman–Crippen MR) is 100 cm³/mol. The zero-order valence-corrected chi connectivity index (χ0v) is 16.0. The number of nitrogens with one attached hydrogen (secondary N) is 1. The molecule has 1 saturated heterocycles. The van der Waals surface area contributed by atoms with Gasteiger partial charge in [0.2, 0.25) is 0 Å². The molecule has 0 spiro atoms. The Labute approximate surface area is 155 Å². The minimum absolute atomic E-state index is 0.0260. The first-order valence-electron chi connectivity index (χ1n) is 9.45. The van der Waals surface area contributed by atoms with Crippen molar-refractivity contribution in [1.29, 1.82) is 0 Å². The molecular formula is C20H30N2O4. The molecule has 1 aromatic carbocycles. The Kier molecular flexibility index (Phi) is 7.75. The van der Waals surface area contributed by atoms with Crippen molar-refractivity contribution in [2.75, 3.05) is 26.3 Å². The van der Waals surface area contributed by atoms with Gasteiger partial charge in [-0.1, -0.05) is 12.1 Å². The Bertz CT molecular complexity index is 595. The molecule has 1 N–H and O–H groups in total. The van der Waals surface area contributed by atoms with Gasteiger partial charge in [-0.25, -0.2) is 9.59 Å². The van der Waals surface area contributed by atoms with E-state index in [0.717, 1.165) is 32.4 Å². The molecule has 0 atom stereocenters. The molecule has 0 unspecified atom stereocenters. The summed E-state index contributed by atoms with van der Waals surface area (Å²) in [7, 11) is 0. The third-order valence-electron chi connectivity index (χ3n) is 4.48. The SMILES string of the molecule is CCOC(=O)c1ccccc1OCCC1CCN(C(=O)NC(C)C)CC1. The Balaban J connectivity index is 1.76. The van der Waals surface area contributed by atoms with E-state index < -0.39 is 0 Å². The fourth-order valence-corrected chi connectivity index (χ4v) is 3.07. The summed E-state index contributed by atoms with van der Waals surface area (Å²) < 4.78 is 10.9. The van der Waals surface area contributed by atoms with E-state index in [9.17, 15) is 9.59 Å². The highest BCUT2D eigenvalue weighted by Crippen LogP contribution is 2.23. The van der Waals surface area contributed by atoms with Gasteiger partial charge < -0.3 is 19.7 Å². The van der Waals surface area contributed by atoms with Gasteiger partial charge in [-0.2, -0.15) is 0 Å². The van der Waals surface area contributed by atoms with E-state index >= 15 is 0 Å². The quantitative estimate of drug-likeness (QED) is 0.754. The summed E-state index contributed by atoms with van der Waals surface area (Å²) in [5.41, 5.74) is 0.467. The average molecular weight is 362 g/mol. The van der Waals surface area contributed by atoms with Crippen molar-refractivity contribution in [3.8, 4) is 5.75 Å². The summed E-state index contributed by atoms with van der Waals surface area (Å²) in [5.74, 6) is 0.750. The van der Waals surface area contributed by atoms with E-state index in [2.05, 4.69) is 5.32 Å². The lowest BCUT2D eigenvalue weighted by Crippen LogP contribution is -2.46. The van der Waals surface area contributed by atoms with E-state index in [0.29, 0.717) is 30.4 Å². The van der Waals surface area contributed by atoms with Crippen LogP contribution in [0, 0.1) is 5.92 Å². The molecule has 1 heterocycles. The number of likely N-dealkylation sites (tertiary alicyclic amines) is 1. The summed E-state index contributed by atoms with van der Waals surface area (Å²) in [6.07, 6.45) is 2.87. The number of carbonyl (C=O) groups excluding carboxylic acids is 2. The number of nitrogens with zero attached hydrogens (tertiary/aromatic N) is 1. The van der Waals surface area contributed by atoms with Crippen LogP contribution in [0.25, 0.3) is 0 Å². The van der Waals surface area contributed by atoms with Crippen LogP contribution in [0.1, 0.15) is 50.4 Å². The number of urea groups is 1. The first kappa shape index (κ1) is 20.1. The summed E-state index contributed by atoms with van der Waals surface area (Å²) in [6, 6.07) is 7.36. The topological polar surface area (TPSA) is 67.9 Å². The van der Waals surface area contributed by atoms with Gasteiger partial charge in [-0.05, 0) is 58.1 Å². The summed E-state index contributed by atoms with van der Waals surface area (Å²) in [5, 5.41) is 2.94. The predicted octanol–water partition coefficient (Wildman–Crippen LogP) is 3.46. The van der Waals surface area contributed by atoms with Gasteiger partial charge in [-0.3, -0.25) is 0 Å². The van der Waals surface area contributed by atoms with E-state index in [1.165, 1.54) is 0 Å². The number of hydrogen-bond donors (Lipinski definition) is 1. The minimum atomic E-state index is -0.354. The molecule has 6 heteroatoms. The number of amides is 2. The molecule has 1 fully saturated rings. The Morgan fingerprint density at radius 2 is 1.92 bits per heavy atom. The van der Waals surface area contributed by atoms with Gasteiger partial charge in [0.25, 0.3) is 0 Å². The zero-order chi connectivity index (χ0) is 18.9. The van der Waals surface area contributed by atoms with Crippen molar-refractivity contribution in [3.63, 3.8) is 0 Å². The molecular weight excluding hydrogens is 332 g/mol. The maximum Gasteiger partial charge on any atom is 0.341 e. The summed E-state index contributed by atoms with van der Waals surface area (Å²) >= 11 is 0. The number of piperidine rings is 1. The summed E-state index contributed by atoms with van der Waals surface area (Å²) in [6.45, 7) is 8.18. The molecule has 2 amide bonds. The van der Waals surface area contributed by atoms with E-state index in [1.807, 2.05) is 24.8 Å². The molecule has 1 aliphatic heterocycles. The van der Waals surface area contributed by atoms with Gasteiger partial charge in [0.1, 0.15) is 11.3 Å². The Morgan fingerprint density at radius 1 is 1.23 bits per heavy atom. The van der Waals surface area contributed by atoms with Crippen LogP contribution in [0.3, 0.4) is 0 Å². The van der Waals surface area contributed by atoms with Crippen molar-refractivity contribution >= 4 is 12.0 Å². The largest absolute Gasteiger partial charge is 0.493 e. The first-order chi connectivity index (χ1) is 12.5. The van der Waals surface area contributed by atoms with Crippen molar-refractivity contribution < 1.29 is 19.1 Å². The number of carbonyl (C=O) groups is 2. The lowest BCUT2D eigenvalue weighted by molar-refractivity contribution is 0.0521. The third-order valence-corrected chi connectivity index (χ3v) is 4.48. The molecule has 2 rings (SSSR count). The van der Waals surface area contributed by atoms with Gasteiger partial charge in [0.05, 0.1) is 13.2 Å². The lowest BCUT2D eigenvalue weighted by Gasteiger charge is -2.32. The third kappa shape index (κ3) is 5.93. The van der Waals surface area contributed by atoms with Gasteiger partial charge >= 0.3 is 12.0 Å². The van der Waals surface area contributed by atoms with Crippen LogP contribution >= 0.6 is 0 Å². The maximum absolute atomic E-state index is 12.0. The second-order valence-electron chi connectivity index (χ2n) is 6.89. The van der Waals surface area contributed by atoms with Crippen LogP contribution in [-0.4, -0.2) is 49.2 Å². The smallest absolute Gasteiger partial charge is 0.341 e. The van der Waals surface area contributed by atoms with Gasteiger partial charge in [0.15, 0.2) is 0 Å². The van der Waals surface area contributed by atoms with E-state index in [-0.39, 0.29) is 18.0 Å². The van der Waals surface area contributed by atoms with Gasteiger partial charge in [0, 0.05) is 19.1 Å². The maximum atomic E-state index is 12.0. The highest BCUT2D eigenvalue weighted by atomic mass is 16.5. The molecule has 0 aromatic heterocycles. The van der Waals surface area contributed by atoms with Crippen molar-refractivity contribution in [3.05, 3.63) is 29.8 Å². The monoisotopic (exact) mass is 362 g/mol. The van der Waals surface area contributed by atoms with Gasteiger partial charge in [-0.15, -0.1) is 0 Å². The number of benzene rings is 1. The Morgan fingerprint density at radius 3 is 2.58 bits per heavy atom. The molecule has 144 valence electrons. The highest BCUT2D eigenvalue weighted by molar-refractivity contribution is 5.92. The zero-order valence-electron chi connectivity index (χ0n) is 16.0. The van der Waals surface area contributed by atoms with Crippen LogP contribution in [-0.2, 0) is 4.74 Å². The molecule has 26 heavy (non-hydrogen) atoms. The number of rotatable bonds is 7. The van der Waals surface area contributed by atoms with E-state index in [1.54, 1.807) is 25.1 Å². The number of hydrogen-bond acceptors (Lipinski definition) is 4. The molecule has 0 aliphatic carbocycles. The number of esters is 1. The Hall–Kier alpha value is -2.24. The van der Waals surface area contributed by atoms with Crippen LogP contribution in [0.4, 0.5) is 4.79 Å². The van der Waals surface area contributed by atoms with Crippen molar-refractivity contribution in [2.45, 2.75) is 46.1 Å². The van der Waals surface area contributed by atoms with Crippen LogP contribution in [0.15, 0.2) is 24.3 Å². The lowest BCUT2D eigenvalue weighted by atomic mass is 9.94. The second-order valence-corrected chi connectivity index (χ2v) is 6.89. The molecule has 0 saturated carbocycles. The molecule has 0 bridgehead atoms. The fraction of sp³-hybridized carbons (Fsp3) is 0.600. The van der Waals surface area contributed by atoms with Crippen LogP contribution in [0.5, 0.6) is 5.75 Å². The minimum Gasteiger partial charge on any atom is -0.493 e. The normalized spacial score (nSPS) is 15.0. The number of para-hydroxylation sites is 1. The highest BCUT2D eigenvalue weighted by Gasteiger charge is 2.23. The average Bonchev–Trinajstić information content (AvgIpc) is 2.62. The fourth-order valence-electron chi connectivity index (χ4n) is 3.07. The van der Waals surface area contributed by atoms with Crippen LogP contribution < -0.4 is 10.1 Å². The first-order valence-corrected chi connectivity index (χ1v) is 9.45. The molecule has 1 aromatic rings. The van der Waals surface area contributed by atoms with Crippen LogP contribution in [0.2, 0.25) is 0 Å². The molecule has 1 aliphatic rings. The second kappa shape index (κ2) is 10.0. The van der Waals surface area contributed by atoms with Crippen molar-refractivity contribution in [1.82, 2.24) is 10.2 Å². The number of ether oxygens (including phenoxy) is 2. The van der Waals surface area contributed by atoms with E-state index in [4.69, 9.17) is 9.47 Å². The standard InChI is InChI=1S/C20H30N2O4/c1-4-25-19(23)17-7-5-6-8-18(17)26-14-11-16-9-12-22(13-10-16)20(24)21-15(2)3/h5-8,15-16H,4,9-14H2,1-3H3,(H,21,24).